The van der Waals surface area contributed by atoms with Gasteiger partial charge in [0, 0.05) is 11.8 Å². The normalized spacial score (nSPS) is 10.0. The van der Waals surface area contributed by atoms with E-state index in [9.17, 15) is 9.90 Å². The first-order valence-electron chi connectivity index (χ1n) is 5.85. The van der Waals surface area contributed by atoms with Crippen LogP contribution in [-0.4, -0.2) is 18.2 Å². The summed E-state index contributed by atoms with van der Waals surface area (Å²) in [6.45, 7) is 1.92. The highest BCUT2D eigenvalue weighted by Crippen LogP contribution is 2.25. The highest BCUT2D eigenvalue weighted by atomic mass is 16.5. The minimum atomic E-state index is -0.953. The molecule has 98 valence electrons. The zero-order valence-corrected chi connectivity index (χ0v) is 10.8. The van der Waals surface area contributed by atoms with Crippen molar-refractivity contribution in [1.82, 2.24) is 0 Å². The standard InChI is InChI=1S/C15H15NO3/c1-10-6-7-13(15(17)18)14(8-10)16-11-4-3-5-12(9-11)19-2/h3-9,16H,1-2H3,(H,17,18). The van der Waals surface area contributed by atoms with Gasteiger partial charge in [-0.25, -0.2) is 4.79 Å². The first-order valence-corrected chi connectivity index (χ1v) is 5.85. The number of ether oxygens (including phenoxy) is 1. The summed E-state index contributed by atoms with van der Waals surface area (Å²) in [6, 6.07) is 12.5. The van der Waals surface area contributed by atoms with Crippen LogP contribution in [0.15, 0.2) is 42.5 Å². The van der Waals surface area contributed by atoms with Crippen LogP contribution < -0.4 is 10.1 Å². The van der Waals surface area contributed by atoms with E-state index in [2.05, 4.69) is 5.32 Å². The van der Waals surface area contributed by atoms with Crippen LogP contribution in [0, 0.1) is 6.92 Å². The van der Waals surface area contributed by atoms with Crippen molar-refractivity contribution in [3.63, 3.8) is 0 Å². The van der Waals surface area contributed by atoms with Crippen molar-refractivity contribution in [1.29, 1.82) is 0 Å². The molecular weight excluding hydrogens is 242 g/mol. The monoisotopic (exact) mass is 257 g/mol. The van der Waals surface area contributed by atoms with E-state index in [-0.39, 0.29) is 5.56 Å². The largest absolute Gasteiger partial charge is 0.497 e. The summed E-state index contributed by atoms with van der Waals surface area (Å²) in [5, 5.41) is 12.3. The van der Waals surface area contributed by atoms with Gasteiger partial charge in [0.25, 0.3) is 0 Å². The summed E-state index contributed by atoms with van der Waals surface area (Å²) in [4.78, 5) is 11.2. The van der Waals surface area contributed by atoms with Crippen molar-refractivity contribution in [3.8, 4) is 5.75 Å². The molecule has 0 amide bonds. The average molecular weight is 257 g/mol. The Morgan fingerprint density at radius 3 is 2.68 bits per heavy atom. The maximum absolute atomic E-state index is 11.2. The predicted molar refractivity (Wildman–Crippen MR) is 74.4 cm³/mol. The lowest BCUT2D eigenvalue weighted by Crippen LogP contribution is -2.03. The SMILES string of the molecule is COc1cccc(Nc2cc(C)ccc2C(=O)O)c1. The van der Waals surface area contributed by atoms with Crippen LogP contribution in [-0.2, 0) is 0 Å². The lowest BCUT2D eigenvalue weighted by atomic mass is 10.1. The summed E-state index contributed by atoms with van der Waals surface area (Å²) < 4.78 is 5.14. The smallest absolute Gasteiger partial charge is 0.337 e. The summed E-state index contributed by atoms with van der Waals surface area (Å²) in [6.07, 6.45) is 0. The molecule has 0 radical (unpaired) electrons. The summed E-state index contributed by atoms with van der Waals surface area (Å²) in [5.41, 5.74) is 2.59. The molecule has 0 fully saturated rings. The van der Waals surface area contributed by atoms with E-state index < -0.39 is 5.97 Å². The van der Waals surface area contributed by atoms with Crippen LogP contribution in [0.2, 0.25) is 0 Å². The molecule has 0 saturated carbocycles. The number of carbonyl (C=O) groups is 1. The molecule has 0 aromatic heterocycles. The minimum Gasteiger partial charge on any atom is -0.497 e. The van der Waals surface area contributed by atoms with Crippen LogP contribution in [0.3, 0.4) is 0 Å². The van der Waals surface area contributed by atoms with Crippen LogP contribution in [0.4, 0.5) is 11.4 Å². The summed E-state index contributed by atoms with van der Waals surface area (Å²) >= 11 is 0. The van der Waals surface area contributed by atoms with Crippen LogP contribution in [0.25, 0.3) is 0 Å². The van der Waals surface area contributed by atoms with Crippen LogP contribution >= 0.6 is 0 Å². The maximum atomic E-state index is 11.2. The number of methoxy groups -OCH3 is 1. The number of anilines is 2. The van der Waals surface area contributed by atoms with Gasteiger partial charge in [0.2, 0.25) is 0 Å². The molecule has 0 aliphatic heterocycles. The Morgan fingerprint density at radius 1 is 1.21 bits per heavy atom. The Bertz CT molecular complexity index is 608. The number of carboxylic acids is 1. The van der Waals surface area contributed by atoms with Crippen molar-refractivity contribution >= 4 is 17.3 Å². The van der Waals surface area contributed by atoms with Crippen LogP contribution in [0.1, 0.15) is 15.9 Å². The second kappa shape index (κ2) is 5.44. The molecule has 2 rings (SSSR count). The number of aryl methyl sites for hydroxylation is 1. The lowest BCUT2D eigenvalue weighted by Gasteiger charge is -2.11. The number of benzene rings is 2. The second-order valence-electron chi connectivity index (χ2n) is 4.21. The second-order valence-corrected chi connectivity index (χ2v) is 4.21. The Morgan fingerprint density at radius 2 is 2.00 bits per heavy atom. The zero-order chi connectivity index (χ0) is 13.8. The lowest BCUT2D eigenvalue weighted by molar-refractivity contribution is 0.0698. The number of nitrogens with one attached hydrogen (secondary N) is 1. The third kappa shape index (κ3) is 3.04. The Hall–Kier alpha value is -2.49. The van der Waals surface area contributed by atoms with Crippen molar-refractivity contribution in [2.24, 2.45) is 0 Å². The Kier molecular flexibility index (Phi) is 3.71. The molecule has 0 spiro atoms. The number of rotatable bonds is 4. The molecule has 4 nitrogen and oxygen atoms in total. The predicted octanol–water partition coefficient (Wildman–Crippen LogP) is 3.45. The summed E-state index contributed by atoms with van der Waals surface area (Å²) in [7, 11) is 1.59. The van der Waals surface area contributed by atoms with E-state index in [1.807, 2.05) is 37.3 Å². The van der Waals surface area contributed by atoms with E-state index in [4.69, 9.17) is 4.74 Å². The molecule has 0 atom stereocenters. The summed E-state index contributed by atoms with van der Waals surface area (Å²) in [5.74, 6) is -0.236. The minimum absolute atomic E-state index is 0.244. The maximum Gasteiger partial charge on any atom is 0.337 e. The van der Waals surface area contributed by atoms with Gasteiger partial charge in [0.1, 0.15) is 5.75 Å². The van der Waals surface area contributed by atoms with E-state index in [1.54, 1.807) is 19.2 Å². The number of hydrogen-bond donors (Lipinski definition) is 2. The average Bonchev–Trinajstić information content (AvgIpc) is 2.38. The fourth-order valence-electron chi connectivity index (χ4n) is 1.80. The van der Waals surface area contributed by atoms with Gasteiger partial charge in [-0.2, -0.15) is 0 Å². The highest BCUT2D eigenvalue weighted by Gasteiger charge is 2.10. The molecular formula is C15H15NO3. The Balaban J connectivity index is 2.36. The van der Waals surface area contributed by atoms with Gasteiger partial charge in [-0.1, -0.05) is 12.1 Å². The van der Waals surface area contributed by atoms with E-state index in [1.165, 1.54) is 0 Å². The molecule has 4 heteroatoms. The van der Waals surface area contributed by atoms with Crippen LogP contribution in [0.5, 0.6) is 5.75 Å². The molecule has 0 saturated heterocycles. The van der Waals surface area contributed by atoms with Gasteiger partial charge >= 0.3 is 5.97 Å². The van der Waals surface area contributed by atoms with Gasteiger partial charge in [0.05, 0.1) is 18.4 Å². The molecule has 19 heavy (non-hydrogen) atoms. The topological polar surface area (TPSA) is 58.6 Å². The van der Waals surface area contributed by atoms with Crippen molar-refractivity contribution in [2.45, 2.75) is 6.92 Å². The van der Waals surface area contributed by atoms with Crippen molar-refractivity contribution < 1.29 is 14.6 Å². The quantitative estimate of drug-likeness (QED) is 0.880. The molecule has 0 unspecified atom stereocenters. The number of aromatic carboxylic acids is 1. The highest BCUT2D eigenvalue weighted by molar-refractivity contribution is 5.95. The molecule has 0 aliphatic carbocycles. The zero-order valence-electron chi connectivity index (χ0n) is 10.8. The first kappa shape index (κ1) is 13.0. The van der Waals surface area contributed by atoms with E-state index >= 15 is 0 Å². The van der Waals surface area contributed by atoms with Crippen molar-refractivity contribution in [3.05, 3.63) is 53.6 Å². The van der Waals surface area contributed by atoms with Gasteiger partial charge in [0.15, 0.2) is 0 Å². The molecule has 2 aromatic rings. The molecule has 0 heterocycles. The first-order chi connectivity index (χ1) is 9.10. The van der Waals surface area contributed by atoms with E-state index in [0.29, 0.717) is 5.69 Å². The fourth-order valence-corrected chi connectivity index (χ4v) is 1.80. The molecule has 2 N–H and O–H groups in total. The van der Waals surface area contributed by atoms with Gasteiger partial charge in [-0.05, 0) is 36.8 Å². The molecule has 0 aliphatic rings. The van der Waals surface area contributed by atoms with Gasteiger partial charge < -0.3 is 15.2 Å². The van der Waals surface area contributed by atoms with Gasteiger partial charge in [-0.3, -0.25) is 0 Å². The van der Waals surface area contributed by atoms with Gasteiger partial charge in [-0.15, -0.1) is 0 Å². The number of carboxylic acid groups (broad SMARTS) is 1. The van der Waals surface area contributed by atoms with E-state index in [0.717, 1.165) is 17.0 Å². The fraction of sp³-hybridized carbons (Fsp3) is 0.133. The molecule has 2 aromatic carbocycles. The Labute approximate surface area is 111 Å². The third-order valence-corrected chi connectivity index (χ3v) is 2.75. The third-order valence-electron chi connectivity index (χ3n) is 2.75. The number of hydrogen-bond acceptors (Lipinski definition) is 3. The van der Waals surface area contributed by atoms with Crippen molar-refractivity contribution in [2.75, 3.05) is 12.4 Å². The molecule has 0 bridgehead atoms.